The number of carbonyl (C=O) groups is 1. The van der Waals surface area contributed by atoms with E-state index in [0.29, 0.717) is 13.1 Å². The third-order valence-corrected chi connectivity index (χ3v) is 6.21. The first kappa shape index (κ1) is 20.2. The fourth-order valence-electron chi connectivity index (χ4n) is 4.65. The first-order valence-electron chi connectivity index (χ1n) is 11.0. The Bertz CT molecular complexity index is 1250. The molecule has 0 saturated heterocycles. The van der Waals surface area contributed by atoms with Crippen molar-refractivity contribution in [1.29, 1.82) is 0 Å². The maximum Gasteiger partial charge on any atom is 0.409 e. The van der Waals surface area contributed by atoms with Gasteiger partial charge in [-0.25, -0.2) is 9.78 Å². The average molecular weight is 427 g/mol. The predicted octanol–water partition coefficient (Wildman–Crippen LogP) is 5.03. The van der Waals surface area contributed by atoms with Gasteiger partial charge in [-0.15, -0.1) is 0 Å². The minimum atomic E-state index is -0.297. The summed E-state index contributed by atoms with van der Waals surface area (Å²) in [4.78, 5) is 23.6. The van der Waals surface area contributed by atoms with Crippen LogP contribution < -0.4 is 0 Å². The Balaban J connectivity index is 1.65. The lowest BCUT2D eigenvalue weighted by Gasteiger charge is -2.28. The molecule has 3 heterocycles. The summed E-state index contributed by atoms with van der Waals surface area (Å²) in [5, 5.41) is 0. The molecule has 2 aromatic heterocycles. The van der Waals surface area contributed by atoms with E-state index in [1.807, 2.05) is 24.3 Å². The fourth-order valence-corrected chi connectivity index (χ4v) is 4.65. The molecule has 1 amide bonds. The number of rotatable bonds is 4. The molecule has 0 saturated carbocycles. The summed E-state index contributed by atoms with van der Waals surface area (Å²) < 4.78 is 7.26. The zero-order valence-electron chi connectivity index (χ0n) is 18.4. The number of amides is 1. The molecule has 0 aliphatic carbocycles. The lowest BCUT2D eigenvalue weighted by molar-refractivity contribution is 0.119. The van der Waals surface area contributed by atoms with Crippen molar-refractivity contribution in [3.63, 3.8) is 0 Å². The topological polar surface area (TPSA) is 60.2 Å². The molecule has 0 fully saturated rings. The number of hydrogen-bond donors (Lipinski definition) is 0. The van der Waals surface area contributed by atoms with Crippen molar-refractivity contribution in [3.05, 3.63) is 83.6 Å². The molecule has 0 N–H and O–H groups in total. The van der Waals surface area contributed by atoms with Crippen LogP contribution in [0.3, 0.4) is 0 Å². The highest BCUT2D eigenvalue weighted by Crippen LogP contribution is 2.34. The quantitative estimate of drug-likeness (QED) is 0.459. The van der Waals surface area contributed by atoms with Gasteiger partial charge in [0.2, 0.25) is 0 Å². The Labute approximate surface area is 187 Å². The lowest BCUT2D eigenvalue weighted by atomic mass is 9.98. The van der Waals surface area contributed by atoms with Gasteiger partial charge in [-0.05, 0) is 49.1 Å². The summed E-state index contributed by atoms with van der Waals surface area (Å²) in [5.41, 5.74) is 6.48. The molecule has 1 aliphatic rings. The maximum atomic E-state index is 12.2. The third kappa shape index (κ3) is 3.62. The van der Waals surface area contributed by atoms with E-state index in [2.05, 4.69) is 52.9 Å². The Morgan fingerprint density at radius 2 is 1.91 bits per heavy atom. The van der Waals surface area contributed by atoms with Crippen LogP contribution in [0.1, 0.15) is 29.7 Å². The van der Waals surface area contributed by atoms with Gasteiger partial charge in [0.25, 0.3) is 0 Å². The zero-order chi connectivity index (χ0) is 22.1. The van der Waals surface area contributed by atoms with Crippen LogP contribution in [0.25, 0.3) is 22.6 Å². The molecule has 0 radical (unpaired) electrons. The molecule has 162 valence electrons. The molecule has 4 aromatic rings. The van der Waals surface area contributed by atoms with Crippen LogP contribution >= 0.6 is 0 Å². The Morgan fingerprint density at radius 1 is 1.09 bits per heavy atom. The number of carbonyl (C=O) groups excluding carboxylic acids is 1. The summed E-state index contributed by atoms with van der Waals surface area (Å²) in [5.74, 6) is 0.854. The molecule has 0 spiro atoms. The van der Waals surface area contributed by atoms with Gasteiger partial charge in [0, 0.05) is 24.3 Å². The number of imidazole rings is 1. The van der Waals surface area contributed by atoms with Gasteiger partial charge in [0.1, 0.15) is 5.69 Å². The van der Waals surface area contributed by atoms with Gasteiger partial charge in [0.05, 0.1) is 24.7 Å². The van der Waals surface area contributed by atoms with E-state index in [9.17, 15) is 4.79 Å². The third-order valence-electron chi connectivity index (χ3n) is 6.21. The van der Waals surface area contributed by atoms with Gasteiger partial charge in [0.15, 0.2) is 5.82 Å². The van der Waals surface area contributed by atoms with Crippen LogP contribution in [0.2, 0.25) is 0 Å². The number of fused-ring (bicyclic) bond motifs is 3. The highest BCUT2D eigenvalue weighted by atomic mass is 16.5. The Morgan fingerprint density at radius 3 is 2.66 bits per heavy atom. The number of methoxy groups -OCH3 is 1. The molecule has 0 bridgehead atoms. The first-order chi connectivity index (χ1) is 15.7. The summed E-state index contributed by atoms with van der Waals surface area (Å²) in [6.07, 6.45) is 3.19. The van der Waals surface area contributed by atoms with Crippen molar-refractivity contribution in [2.45, 2.75) is 32.4 Å². The van der Waals surface area contributed by atoms with E-state index >= 15 is 0 Å². The number of pyridine rings is 1. The molecule has 5 rings (SSSR count). The summed E-state index contributed by atoms with van der Waals surface area (Å²) in [6.45, 7) is 3.38. The van der Waals surface area contributed by atoms with Crippen LogP contribution in [0.4, 0.5) is 4.79 Å². The molecule has 32 heavy (non-hydrogen) atoms. The lowest BCUT2D eigenvalue weighted by Crippen LogP contribution is -2.35. The zero-order valence-corrected chi connectivity index (χ0v) is 18.4. The number of benzene rings is 2. The Kier molecular flexibility index (Phi) is 5.35. The van der Waals surface area contributed by atoms with E-state index in [0.717, 1.165) is 41.0 Å². The molecule has 0 unspecified atom stereocenters. The van der Waals surface area contributed by atoms with Gasteiger partial charge in [-0.1, -0.05) is 42.5 Å². The van der Waals surface area contributed by atoms with E-state index in [1.54, 1.807) is 11.1 Å². The fraction of sp³-hybridized carbons (Fsp3) is 0.269. The van der Waals surface area contributed by atoms with Crippen molar-refractivity contribution in [2.24, 2.45) is 0 Å². The van der Waals surface area contributed by atoms with Crippen molar-refractivity contribution in [3.8, 4) is 11.5 Å². The normalized spacial score (nSPS) is 14.2. The van der Waals surface area contributed by atoms with Crippen molar-refractivity contribution in [2.75, 3.05) is 13.7 Å². The Hall–Kier alpha value is -3.67. The second-order valence-electron chi connectivity index (χ2n) is 8.27. The average Bonchev–Trinajstić information content (AvgIpc) is 3.25. The second kappa shape index (κ2) is 8.46. The molecule has 6 heteroatoms. The maximum absolute atomic E-state index is 12.2. The minimum absolute atomic E-state index is 0.178. The van der Waals surface area contributed by atoms with E-state index in [-0.39, 0.29) is 12.1 Å². The molecule has 2 aromatic carbocycles. The van der Waals surface area contributed by atoms with Gasteiger partial charge >= 0.3 is 6.09 Å². The van der Waals surface area contributed by atoms with E-state index < -0.39 is 0 Å². The van der Waals surface area contributed by atoms with E-state index in [4.69, 9.17) is 9.72 Å². The molecular formula is C26H26N4O2. The smallest absolute Gasteiger partial charge is 0.409 e. The molecule has 6 nitrogen and oxygen atoms in total. The van der Waals surface area contributed by atoms with Crippen LogP contribution in [0.5, 0.6) is 0 Å². The summed E-state index contributed by atoms with van der Waals surface area (Å²) >= 11 is 0. The van der Waals surface area contributed by atoms with Crippen molar-refractivity contribution in [1.82, 2.24) is 19.4 Å². The van der Waals surface area contributed by atoms with Crippen LogP contribution in [-0.4, -0.2) is 39.2 Å². The number of nitrogens with zero attached hydrogens (tertiary/aromatic N) is 4. The minimum Gasteiger partial charge on any atom is -0.453 e. The highest BCUT2D eigenvalue weighted by molar-refractivity contribution is 5.85. The summed E-state index contributed by atoms with van der Waals surface area (Å²) in [7, 11) is 1.43. The largest absolute Gasteiger partial charge is 0.453 e. The summed E-state index contributed by atoms with van der Waals surface area (Å²) in [6, 6.07) is 20.9. The highest BCUT2D eigenvalue weighted by Gasteiger charge is 2.27. The monoisotopic (exact) mass is 426 g/mol. The molecular weight excluding hydrogens is 400 g/mol. The van der Waals surface area contributed by atoms with Gasteiger partial charge < -0.3 is 14.2 Å². The first-order valence-corrected chi connectivity index (χ1v) is 11.0. The number of hydrogen-bond acceptors (Lipinski definition) is 4. The molecule has 1 aliphatic heterocycles. The second-order valence-corrected chi connectivity index (χ2v) is 8.27. The van der Waals surface area contributed by atoms with Crippen molar-refractivity contribution < 1.29 is 9.53 Å². The van der Waals surface area contributed by atoms with Gasteiger partial charge in [-0.2, -0.15) is 0 Å². The van der Waals surface area contributed by atoms with Crippen LogP contribution in [0.15, 0.2) is 66.9 Å². The van der Waals surface area contributed by atoms with E-state index in [1.165, 1.54) is 18.2 Å². The van der Waals surface area contributed by atoms with Crippen molar-refractivity contribution >= 4 is 17.1 Å². The number of ether oxygens (including phenoxy) is 1. The number of aromatic nitrogens is 3. The van der Waals surface area contributed by atoms with Crippen LogP contribution in [-0.2, 0) is 24.1 Å². The SMILES string of the molecule is COC(=O)N1CCc2ccc3c(nc(-c4ccccn4)n3[C@H](C)Cc3ccccc3)c2C1. The molecule has 1 atom stereocenters. The standard InChI is InChI=1S/C26H26N4O2/c1-18(16-19-8-4-3-5-9-19)30-23-12-11-20-13-15-29(26(31)32-2)17-21(20)24(23)28-25(30)22-10-6-7-14-27-22/h3-12,14,18H,13,15-17H2,1-2H3/t18-/m1/s1. The van der Waals surface area contributed by atoms with Crippen LogP contribution in [0, 0.1) is 0 Å². The predicted molar refractivity (Wildman–Crippen MR) is 124 cm³/mol. The van der Waals surface area contributed by atoms with Gasteiger partial charge in [-0.3, -0.25) is 4.98 Å².